The van der Waals surface area contributed by atoms with Crippen LogP contribution in [0.2, 0.25) is 0 Å². The van der Waals surface area contributed by atoms with Crippen molar-refractivity contribution in [1.29, 1.82) is 0 Å². The Morgan fingerprint density at radius 2 is 1.81 bits per heavy atom. The Morgan fingerprint density at radius 1 is 1.12 bits per heavy atom. The van der Waals surface area contributed by atoms with E-state index >= 15 is 0 Å². The van der Waals surface area contributed by atoms with Crippen LogP contribution in [-0.2, 0) is 14.6 Å². The van der Waals surface area contributed by atoms with Crippen molar-refractivity contribution in [1.82, 2.24) is 9.88 Å². The molecule has 0 radical (unpaired) electrons. The molecule has 0 aliphatic heterocycles. The summed E-state index contributed by atoms with van der Waals surface area (Å²) in [4.78, 5) is 20.4. The molecule has 7 nitrogen and oxygen atoms in total. The van der Waals surface area contributed by atoms with Gasteiger partial charge in [0.2, 0.25) is 5.91 Å². The molecular formula is C21H23F2N3O4S2. The van der Waals surface area contributed by atoms with Crippen molar-refractivity contribution < 1.29 is 26.7 Å². The molecule has 0 aliphatic carbocycles. The maximum absolute atomic E-state index is 14.1. The number of nitrogens with zero attached hydrogens (tertiary/aromatic N) is 3. The second kappa shape index (κ2) is 9.88. The summed E-state index contributed by atoms with van der Waals surface area (Å²) >= 11 is 0.937. The summed E-state index contributed by atoms with van der Waals surface area (Å²) in [7, 11) is 1.27. The number of sulfone groups is 1. The molecule has 0 bridgehead atoms. The SMILES string of the molecule is COc1ccc(S(=O)(=O)CC(=O)N(CCCN(C)C)c2nc3c(F)cc(F)cc3s2)cc1. The lowest BCUT2D eigenvalue weighted by Crippen LogP contribution is -2.37. The van der Waals surface area contributed by atoms with Crippen LogP contribution in [0, 0.1) is 11.6 Å². The Labute approximate surface area is 189 Å². The van der Waals surface area contributed by atoms with Gasteiger partial charge in [-0.05, 0) is 57.4 Å². The average molecular weight is 484 g/mol. The molecule has 0 unspecified atom stereocenters. The van der Waals surface area contributed by atoms with Crippen molar-refractivity contribution in [3.63, 3.8) is 0 Å². The average Bonchev–Trinajstić information content (AvgIpc) is 3.14. The van der Waals surface area contributed by atoms with Gasteiger partial charge in [-0.1, -0.05) is 11.3 Å². The number of amides is 1. The van der Waals surface area contributed by atoms with Gasteiger partial charge in [-0.3, -0.25) is 9.69 Å². The number of anilines is 1. The van der Waals surface area contributed by atoms with E-state index in [0.717, 1.165) is 23.5 Å². The molecule has 2 aromatic carbocycles. The van der Waals surface area contributed by atoms with E-state index in [1.807, 2.05) is 19.0 Å². The number of fused-ring (bicyclic) bond motifs is 1. The number of carbonyl (C=O) groups is 1. The van der Waals surface area contributed by atoms with Crippen LogP contribution in [0.3, 0.4) is 0 Å². The highest BCUT2D eigenvalue weighted by molar-refractivity contribution is 7.92. The number of halogens is 2. The van der Waals surface area contributed by atoms with Crippen LogP contribution in [0.25, 0.3) is 10.2 Å². The molecule has 11 heteroatoms. The lowest BCUT2D eigenvalue weighted by atomic mass is 10.3. The minimum absolute atomic E-state index is 0.0164. The Morgan fingerprint density at radius 3 is 2.44 bits per heavy atom. The van der Waals surface area contributed by atoms with E-state index in [1.54, 1.807) is 0 Å². The van der Waals surface area contributed by atoms with Crippen LogP contribution in [0.15, 0.2) is 41.3 Å². The summed E-state index contributed by atoms with van der Waals surface area (Å²) in [6.07, 6.45) is 0.536. The largest absolute Gasteiger partial charge is 0.497 e. The number of benzene rings is 2. The summed E-state index contributed by atoms with van der Waals surface area (Å²) < 4.78 is 58.6. The fourth-order valence-electron chi connectivity index (χ4n) is 3.04. The Balaban J connectivity index is 1.90. The predicted octanol–water partition coefficient (Wildman–Crippen LogP) is 3.34. The zero-order valence-electron chi connectivity index (χ0n) is 17.8. The summed E-state index contributed by atoms with van der Waals surface area (Å²) in [6, 6.07) is 7.59. The van der Waals surface area contributed by atoms with Crippen molar-refractivity contribution in [2.75, 3.05) is 44.9 Å². The predicted molar refractivity (Wildman–Crippen MR) is 120 cm³/mol. The lowest BCUT2D eigenvalue weighted by Gasteiger charge is -2.21. The third kappa shape index (κ3) is 5.59. The summed E-state index contributed by atoms with van der Waals surface area (Å²) in [5.74, 6) is -2.58. The first-order valence-corrected chi connectivity index (χ1v) is 12.1. The van der Waals surface area contributed by atoms with Crippen LogP contribution < -0.4 is 9.64 Å². The first-order valence-electron chi connectivity index (χ1n) is 9.68. The zero-order valence-corrected chi connectivity index (χ0v) is 19.5. The summed E-state index contributed by atoms with van der Waals surface area (Å²) in [5.41, 5.74) is -0.0604. The molecule has 0 N–H and O–H groups in total. The molecular weight excluding hydrogens is 460 g/mol. The van der Waals surface area contributed by atoms with E-state index in [4.69, 9.17) is 4.74 Å². The van der Waals surface area contributed by atoms with Crippen LogP contribution in [0.1, 0.15) is 6.42 Å². The number of carbonyl (C=O) groups excluding carboxylic acids is 1. The van der Waals surface area contributed by atoms with E-state index < -0.39 is 33.1 Å². The molecule has 0 spiro atoms. The van der Waals surface area contributed by atoms with Gasteiger partial charge < -0.3 is 9.64 Å². The monoisotopic (exact) mass is 483 g/mol. The third-order valence-corrected chi connectivity index (χ3v) is 7.30. The molecule has 0 saturated heterocycles. The first-order chi connectivity index (χ1) is 15.1. The van der Waals surface area contributed by atoms with Crippen molar-refractivity contribution in [2.45, 2.75) is 11.3 Å². The normalized spacial score (nSPS) is 11.8. The van der Waals surface area contributed by atoms with Crippen LogP contribution in [0.5, 0.6) is 5.75 Å². The second-order valence-electron chi connectivity index (χ2n) is 7.37. The molecule has 1 amide bonds. The molecule has 1 heterocycles. The fourth-order valence-corrected chi connectivity index (χ4v) is 5.29. The maximum Gasteiger partial charge on any atom is 0.244 e. The lowest BCUT2D eigenvalue weighted by molar-refractivity contribution is -0.116. The van der Waals surface area contributed by atoms with Crippen molar-refractivity contribution >= 4 is 42.4 Å². The molecule has 0 atom stereocenters. The van der Waals surface area contributed by atoms with Gasteiger partial charge in [-0.2, -0.15) is 0 Å². The zero-order chi connectivity index (χ0) is 23.5. The number of rotatable bonds is 9. The maximum atomic E-state index is 14.1. The Hall–Kier alpha value is -2.63. The molecule has 0 fully saturated rings. The molecule has 0 saturated carbocycles. The van der Waals surface area contributed by atoms with Gasteiger partial charge in [-0.15, -0.1) is 0 Å². The van der Waals surface area contributed by atoms with Gasteiger partial charge in [0, 0.05) is 12.6 Å². The van der Waals surface area contributed by atoms with Crippen LogP contribution in [-0.4, -0.2) is 64.3 Å². The number of hydrogen-bond donors (Lipinski definition) is 0. The van der Waals surface area contributed by atoms with Crippen molar-refractivity contribution in [3.05, 3.63) is 48.0 Å². The van der Waals surface area contributed by atoms with Gasteiger partial charge in [0.1, 0.15) is 22.8 Å². The highest BCUT2D eigenvalue weighted by atomic mass is 32.2. The number of aromatic nitrogens is 1. The van der Waals surface area contributed by atoms with Gasteiger partial charge in [0.25, 0.3) is 0 Å². The van der Waals surface area contributed by atoms with Gasteiger partial charge in [0.15, 0.2) is 20.8 Å². The molecule has 0 aliphatic rings. The Bertz CT molecular complexity index is 1210. The minimum atomic E-state index is -3.94. The standard InChI is InChI=1S/C21H23F2N3O4S2/c1-25(2)9-4-10-26(21-24-20-17(23)11-14(22)12-18(20)31-21)19(27)13-32(28,29)16-7-5-15(30-3)6-8-16/h5-8,11-12H,4,9-10,13H2,1-3H3. The van der Waals surface area contributed by atoms with Gasteiger partial charge in [0.05, 0.1) is 16.7 Å². The third-order valence-electron chi connectivity index (χ3n) is 4.65. The van der Waals surface area contributed by atoms with Crippen molar-refractivity contribution in [3.8, 4) is 5.75 Å². The smallest absolute Gasteiger partial charge is 0.244 e. The van der Waals surface area contributed by atoms with E-state index in [1.165, 1.54) is 36.3 Å². The van der Waals surface area contributed by atoms with E-state index in [2.05, 4.69) is 4.98 Å². The molecule has 3 rings (SSSR count). The van der Waals surface area contributed by atoms with E-state index in [0.29, 0.717) is 18.7 Å². The van der Waals surface area contributed by atoms with Crippen LogP contribution in [0.4, 0.5) is 13.9 Å². The quantitative estimate of drug-likeness (QED) is 0.465. The number of methoxy groups -OCH3 is 1. The van der Waals surface area contributed by atoms with Gasteiger partial charge in [-0.25, -0.2) is 22.2 Å². The van der Waals surface area contributed by atoms with Gasteiger partial charge >= 0.3 is 0 Å². The molecule has 1 aromatic heterocycles. The molecule has 172 valence electrons. The highest BCUT2D eigenvalue weighted by Gasteiger charge is 2.27. The highest BCUT2D eigenvalue weighted by Crippen LogP contribution is 2.31. The topological polar surface area (TPSA) is 79.8 Å². The number of ether oxygens (including phenoxy) is 1. The fraction of sp³-hybridized carbons (Fsp3) is 0.333. The van der Waals surface area contributed by atoms with Crippen molar-refractivity contribution in [2.24, 2.45) is 0 Å². The van der Waals surface area contributed by atoms with E-state index in [-0.39, 0.29) is 26.8 Å². The minimum Gasteiger partial charge on any atom is -0.497 e. The summed E-state index contributed by atoms with van der Waals surface area (Å²) in [5, 5.41) is 0.123. The number of thiazole rings is 1. The first kappa shape index (κ1) is 24.0. The number of hydrogen-bond acceptors (Lipinski definition) is 7. The molecule has 32 heavy (non-hydrogen) atoms. The summed E-state index contributed by atoms with van der Waals surface area (Å²) in [6.45, 7) is 0.821. The molecule has 3 aromatic rings. The van der Waals surface area contributed by atoms with Crippen LogP contribution >= 0.6 is 11.3 Å². The second-order valence-corrected chi connectivity index (χ2v) is 10.4. The van der Waals surface area contributed by atoms with E-state index in [9.17, 15) is 22.0 Å². The Kier molecular flexibility index (Phi) is 7.42.